The van der Waals surface area contributed by atoms with Gasteiger partial charge in [-0.25, -0.2) is 0 Å². The van der Waals surface area contributed by atoms with Gasteiger partial charge in [-0.2, -0.15) is 5.26 Å². The molecule has 1 saturated heterocycles. The molecule has 1 aliphatic rings. The van der Waals surface area contributed by atoms with E-state index in [9.17, 15) is 0 Å². The zero-order valence-corrected chi connectivity index (χ0v) is 9.83. The van der Waals surface area contributed by atoms with Crippen LogP contribution < -0.4 is 0 Å². The van der Waals surface area contributed by atoms with E-state index in [0.717, 1.165) is 13.0 Å². The second-order valence-corrected chi connectivity index (χ2v) is 5.07. The van der Waals surface area contributed by atoms with Gasteiger partial charge in [-0.1, -0.05) is 13.8 Å². The van der Waals surface area contributed by atoms with Gasteiger partial charge in [-0.15, -0.1) is 0 Å². The van der Waals surface area contributed by atoms with Gasteiger partial charge in [0.25, 0.3) is 0 Å². The molecule has 0 aromatic rings. The van der Waals surface area contributed by atoms with Crippen LogP contribution in [0.4, 0.5) is 0 Å². The Morgan fingerprint density at radius 1 is 1.36 bits per heavy atom. The van der Waals surface area contributed by atoms with E-state index in [2.05, 4.69) is 38.7 Å². The maximum absolute atomic E-state index is 8.71. The topological polar surface area (TPSA) is 27.0 Å². The summed E-state index contributed by atoms with van der Waals surface area (Å²) in [5, 5.41) is 8.71. The fourth-order valence-electron chi connectivity index (χ4n) is 2.51. The second kappa shape index (κ2) is 4.79. The first-order chi connectivity index (χ1) is 6.56. The first-order valence-corrected chi connectivity index (χ1v) is 5.69. The van der Waals surface area contributed by atoms with Gasteiger partial charge in [0.1, 0.15) is 0 Å². The Morgan fingerprint density at radius 3 is 2.36 bits per heavy atom. The van der Waals surface area contributed by atoms with Crippen LogP contribution in [0.25, 0.3) is 0 Å². The third-order valence-corrected chi connectivity index (χ3v) is 3.28. The molecule has 0 saturated carbocycles. The lowest BCUT2D eigenvalue weighted by Gasteiger charge is -2.30. The third kappa shape index (κ3) is 2.48. The van der Waals surface area contributed by atoms with Gasteiger partial charge >= 0.3 is 0 Å². The predicted molar refractivity (Wildman–Crippen MR) is 58.8 cm³/mol. The van der Waals surface area contributed by atoms with Crippen LogP contribution in [-0.4, -0.2) is 23.5 Å². The van der Waals surface area contributed by atoms with Gasteiger partial charge in [0.05, 0.1) is 6.07 Å². The Kier molecular flexibility index (Phi) is 3.95. The minimum absolute atomic E-state index is 0.606. The molecule has 14 heavy (non-hydrogen) atoms. The molecule has 0 spiro atoms. The van der Waals surface area contributed by atoms with Crippen molar-refractivity contribution >= 4 is 0 Å². The molecule has 0 bridgehead atoms. The number of hydrogen-bond acceptors (Lipinski definition) is 2. The van der Waals surface area contributed by atoms with Gasteiger partial charge in [0.15, 0.2) is 0 Å². The highest BCUT2D eigenvalue weighted by Gasteiger charge is 2.34. The molecular weight excluding hydrogens is 172 g/mol. The van der Waals surface area contributed by atoms with Crippen LogP contribution in [0, 0.1) is 23.2 Å². The molecular formula is C12H22N2. The van der Waals surface area contributed by atoms with Crippen LogP contribution in [0.3, 0.4) is 0 Å². The molecule has 2 atom stereocenters. The fraction of sp³-hybridized carbons (Fsp3) is 0.917. The third-order valence-electron chi connectivity index (χ3n) is 3.28. The monoisotopic (exact) mass is 194 g/mol. The first-order valence-electron chi connectivity index (χ1n) is 5.69. The molecule has 1 aliphatic heterocycles. The minimum atomic E-state index is 0.606. The number of rotatable bonds is 3. The fourth-order valence-corrected chi connectivity index (χ4v) is 2.51. The van der Waals surface area contributed by atoms with Gasteiger partial charge in [0, 0.05) is 25.0 Å². The summed E-state index contributed by atoms with van der Waals surface area (Å²) in [5.41, 5.74) is 0. The Morgan fingerprint density at radius 2 is 2.00 bits per heavy atom. The van der Waals surface area contributed by atoms with Crippen molar-refractivity contribution in [2.75, 3.05) is 6.54 Å². The summed E-state index contributed by atoms with van der Waals surface area (Å²) in [5.74, 6) is 1.32. The highest BCUT2D eigenvalue weighted by atomic mass is 15.2. The molecule has 0 amide bonds. The summed E-state index contributed by atoms with van der Waals surface area (Å²) in [4.78, 5) is 2.56. The zero-order valence-electron chi connectivity index (χ0n) is 9.83. The van der Waals surface area contributed by atoms with Crippen LogP contribution in [-0.2, 0) is 0 Å². The Labute approximate surface area is 87.9 Å². The Hall–Kier alpha value is -0.550. The predicted octanol–water partition coefficient (Wildman–Crippen LogP) is 2.65. The lowest BCUT2D eigenvalue weighted by molar-refractivity contribution is 0.164. The smallest absolute Gasteiger partial charge is 0.0625 e. The molecule has 1 heterocycles. The highest BCUT2D eigenvalue weighted by molar-refractivity contribution is 4.92. The molecule has 0 aromatic carbocycles. The maximum atomic E-state index is 8.71. The van der Waals surface area contributed by atoms with Crippen molar-refractivity contribution in [2.24, 2.45) is 11.8 Å². The van der Waals surface area contributed by atoms with E-state index in [1.807, 2.05) is 0 Å². The average Bonchev–Trinajstić information content (AvgIpc) is 2.49. The van der Waals surface area contributed by atoms with E-state index in [1.54, 1.807) is 0 Å². The van der Waals surface area contributed by atoms with E-state index in [1.165, 1.54) is 6.42 Å². The molecule has 0 aliphatic carbocycles. The SMILES string of the molecule is CC(C)[C@@H]1CC(CC#N)CN1C(C)C. The van der Waals surface area contributed by atoms with Gasteiger partial charge < -0.3 is 0 Å². The average molecular weight is 194 g/mol. The molecule has 1 rings (SSSR count). The van der Waals surface area contributed by atoms with Gasteiger partial charge in [0.2, 0.25) is 0 Å². The molecule has 80 valence electrons. The maximum Gasteiger partial charge on any atom is 0.0625 e. The van der Waals surface area contributed by atoms with Gasteiger partial charge in [-0.05, 0) is 32.1 Å². The first kappa shape index (κ1) is 11.5. The summed E-state index contributed by atoms with van der Waals surface area (Å²) in [7, 11) is 0. The quantitative estimate of drug-likeness (QED) is 0.690. The van der Waals surface area contributed by atoms with E-state index in [4.69, 9.17) is 5.26 Å². The molecule has 0 radical (unpaired) electrons. The van der Waals surface area contributed by atoms with E-state index in [0.29, 0.717) is 23.9 Å². The molecule has 0 aromatic heterocycles. The van der Waals surface area contributed by atoms with Crippen molar-refractivity contribution in [3.05, 3.63) is 0 Å². The van der Waals surface area contributed by atoms with Crippen molar-refractivity contribution in [1.29, 1.82) is 5.26 Å². The van der Waals surface area contributed by atoms with Crippen LogP contribution in [0.5, 0.6) is 0 Å². The van der Waals surface area contributed by atoms with Crippen LogP contribution in [0.1, 0.15) is 40.5 Å². The van der Waals surface area contributed by atoms with Crippen LogP contribution >= 0.6 is 0 Å². The minimum Gasteiger partial charge on any atom is -0.297 e. The van der Waals surface area contributed by atoms with Gasteiger partial charge in [-0.3, -0.25) is 4.90 Å². The number of nitrogens with zero attached hydrogens (tertiary/aromatic N) is 2. The highest BCUT2D eigenvalue weighted by Crippen LogP contribution is 2.31. The van der Waals surface area contributed by atoms with Crippen molar-refractivity contribution in [3.8, 4) is 6.07 Å². The molecule has 2 heteroatoms. The number of hydrogen-bond donors (Lipinski definition) is 0. The summed E-state index contributed by atoms with van der Waals surface area (Å²) >= 11 is 0. The second-order valence-electron chi connectivity index (χ2n) is 5.07. The number of likely N-dealkylation sites (tertiary alicyclic amines) is 1. The van der Waals surface area contributed by atoms with Crippen molar-refractivity contribution < 1.29 is 0 Å². The van der Waals surface area contributed by atoms with Crippen LogP contribution in [0.2, 0.25) is 0 Å². The zero-order chi connectivity index (χ0) is 10.7. The Bertz CT molecular complexity index is 199. The number of nitriles is 1. The molecule has 1 fully saturated rings. The van der Waals surface area contributed by atoms with E-state index < -0.39 is 0 Å². The van der Waals surface area contributed by atoms with Crippen molar-refractivity contribution in [2.45, 2.75) is 52.6 Å². The summed E-state index contributed by atoms with van der Waals surface area (Å²) < 4.78 is 0. The van der Waals surface area contributed by atoms with Crippen molar-refractivity contribution in [1.82, 2.24) is 4.90 Å². The molecule has 1 unspecified atom stereocenters. The van der Waals surface area contributed by atoms with E-state index >= 15 is 0 Å². The lowest BCUT2D eigenvalue weighted by Crippen LogP contribution is -2.38. The standard InChI is InChI=1S/C12H22N2/c1-9(2)12-7-11(5-6-13)8-14(12)10(3)4/h9-12H,5,7-8H2,1-4H3/t11?,12-/m0/s1. The van der Waals surface area contributed by atoms with Crippen LogP contribution in [0.15, 0.2) is 0 Å². The largest absolute Gasteiger partial charge is 0.297 e. The summed E-state index contributed by atoms with van der Waals surface area (Å²) in [6, 6.07) is 3.61. The molecule has 2 nitrogen and oxygen atoms in total. The Balaban J connectivity index is 2.61. The molecule has 0 N–H and O–H groups in total. The summed E-state index contributed by atoms with van der Waals surface area (Å²) in [6.45, 7) is 10.2. The summed E-state index contributed by atoms with van der Waals surface area (Å²) in [6.07, 6.45) is 1.94. The van der Waals surface area contributed by atoms with Crippen molar-refractivity contribution in [3.63, 3.8) is 0 Å². The lowest BCUT2D eigenvalue weighted by atomic mass is 9.96. The van der Waals surface area contributed by atoms with E-state index in [-0.39, 0.29) is 0 Å². The normalized spacial score (nSPS) is 28.6.